The minimum atomic E-state index is -0.107. The van der Waals surface area contributed by atoms with E-state index in [2.05, 4.69) is 35.8 Å². The summed E-state index contributed by atoms with van der Waals surface area (Å²) in [5.41, 5.74) is 2.38. The van der Waals surface area contributed by atoms with Gasteiger partial charge in [-0.2, -0.15) is 0 Å². The summed E-state index contributed by atoms with van der Waals surface area (Å²) in [6, 6.07) is 8.19. The molecule has 0 saturated carbocycles. The van der Waals surface area contributed by atoms with Crippen molar-refractivity contribution < 1.29 is 4.74 Å². The van der Waals surface area contributed by atoms with Crippen LogP contribution in [0.5, 0.6) is 5.75 Å². The monoisotopic (exact) mass is 358 g/mol. The lowest BCUT2D eigenvalue weighted by atomic mass is 10.1. The number of thiophene rings is 1. The molecule has 0 saturated heterocycles. The number of hydrogen-bond donors (Lipinski definition) is 0. The third-order valence-corrected chi connectivity index (χ3v) is 5.44. The van der Waals surface area contributed by atoms with Crippen LogP contribution in [0.4, 0.5) is 0 Å². The molecule has 1 aromatic heterocycles. The van der Waals surface area contributed by atoms with Crippen LogP contribution in [0.25, 0.3) is 0 Å². The molecule has 102 valence electrons. The third-order valence-electron chi connectivity index (χ3n) is 2.98. The van der Waals surface area contributed by atoms with E-state index >= 15 is 0 Å². The first-order valence-corrected chi connectivity index (χ1v) is 8.20. The zero-order valence-electron chi connectivity index (χ0n) is 11.2. The first-order chi connectivity index (χ1) is 9.02. The Morgan fingerprint density at radius 1 is 1.32 bits per heavy atom. The van der Waals surface area contributed by atoms with Crippen molar-refractivity contribution in [1.82, 2.24) is 0 Å². The van der Waals surface area contributed by atoms with E-state index in [1.54, 1.807) is 11.3 Å². The fraction of sp³-hybridized carbons (Fsp3) is 0.333. The molecule has 0 bridgehead atoms. The molecule has 0 aliphatic rings. The summed E-state index contributed by atoms with van der Waals surface area (Å²) in [4.78, 5) is 2.51. The molecule has 0 aliphatic heterocycles. The molecule has 1 unspecified atom stereocenters. The van der Waals surface area contributed by atoms with E-state index in [1.807, 2.05) is 25.1 Å². The fourth-order valence-corrected chi connectivity index (χ4v) is 3.73. The molecule has 0 N–H and O–H groups in total. The van der Waals surface area contributed by atoms with E-state index in [1.165, 1.54) is 15.3 Å². The molecule has 0 amide bonds. The summed E-state index contributed by atoms with van der Waals surface area (Å²) in [6.07, 6.45) is 0. The van der Waals surface area contributed by atoms with Gasteiger partial charge in [0.25, 0.3) is 0 Å². The SMILES string of the molecule is CCOc1ccc(C(Cl)c2cc(C)c(C)s2)cc1Br. The van der Waals surface area contributed by atoms with Crippen molar-refractivity contribution >= 4 is 38.9 Å². The molecule has 1 atom stereocenters. The average molecular weight is 360 g/mol. The number of rotatable bonds is 4. The van der Waals surface area contributed by atoms with Gasteiger partial charge in [-0.1, -0.05) is 6.07 Å². The van der Waals surface area contributed by atoms with E-state index in [0.717, 1.165) is 15.8 Å². The van der Waals surface area contributed by atoms with Crippen molar-refractivity contribution in [3.63, 3.8) is 0 Å². The van der Waals surface area contributed by atoms with Gasteiger partial charge in [-0.3, -0.25) is 0 Å². The molecule has 0 spiro atoms. The lowest BCUT2D eigenvalue weighted by Crippen LogP contribution is -1.95. The zero-order chi connectivity index (χ0) is 14.0. The van der Waals surface area contributed by atoms with Gasteiger partial charge in [-0.15, -0.1) is 22.9 Å². The lowest BCUT2D eigenvalue weighted by Gasteiger charge is -2.11. The van der Waals surface area contributed by atoms with Crippen molar-refractivity contribution in [2.45, 2.75) is 26.1 Å². The number of aryl methyl sites for hydroxylation is 2. The molecule has 19 heavy (non-hydrogen) atoms. The van der Waals surface area contributed by atoms with Crippen molar-refractivity contribution in [1.29, 1.82) is 0 Å². The van der Waals surface area contributed by atoms with Gasteiger partial charge in [-0.25, -0.2) is 0 Å². The number of alkyl halides is 1. The summed E-state index contributed by atoms with van der Waals surface area (Å²) in [5.74, 6) is 0.855. The molecule has 0 fully saturated rings. The van der Waals surface area contributed by atoms with E-state index < -0.39 is 0 Å². The molecule has 1 aromatic carbocycles. The molecule has 0 radical (unpaired) electrons. The second kappa shape index (κ2) is 6.29. The Kier molecular flexibility index (Phi) is 4.93. The van der Waals surface area contributed by atoms with Crippen LogP contribution in [0, 0.1) is 13.8 Å². The van der Waals surface area contributed by atoms with Crippen LogP contribution in [0.3, 0.4) is 0 Å². The van der Waals surface area contributed by atoms with Crippen LogP contribution in [0.1, 0.15) is 33.2 Å². The Bertz CT molecular complexity index is 560. The van der Waals surface area contributed by atoms with Gasteiger partial charge >= 0.3 is 0 Å². The van der Waals surface area contributed by atoms with Gasteiger partial charge in [0.15, 0.2) is 0 Å². The van der Waals surface area contributed by atoms with Gasteiger partial charge in [-0.05, 0) is 66.0 Å². The fourth-order valence-electron chi connectivity index (χ4n) is 1.84. The molecule has 1 nitrogen and oxygen atoms in total. The highest BCUT2D eigenvalue weighted by Gasteiger charge is 2.15. The van der Waals surface area contributed by atoms with Crippen molar-refractivity contribution in [3.05, 3.63) is 49.6 Å². The maximum absolute atomic E-state index is 6.57. The normalized spacial score (nSPS) is 12.5. The minimum Gasteiger partial charge on any atom is -0.493 e. The van der Waals surface area contributed by atoms with Gasteiger partial charge in [0, 0.05) is 9.75 Å². The Morgan fingerprint density at radius 2 is 2.05 bits per heavy atom. The summed E-state index contributed by atoms with van der Waals surface area (Å²) >= 11 is 11.9. The predicted molar refractivity (Wildman–Crippen MR) is 86.8 cm³/mol. The summed E-state index contributed by atoms with van der Waals surface area (Å²) in [5, 5.41) is -0.107. The van der Waals surface area contributed by atoms with Crippen molar-refractivity contribution in [2.24, 2.45) is 0 Å². The van der Waals surface area contributed by atoms with Gasteiger partial charge in [0.05, 0.1) is 16.5 Å². The molecule has 2 rings (SSSR count). The van der Waals surface area contributed by atoms with Crippen LogP contribution < -0.4 is 4.74 Å². The number of halogens is 2. The topological polar surface area (TPSA) is 9.23 Å². The van der Waals surface area contributed by atoms with E-state index in [4.69, 9.17) is 16.3 Å². The first-order valence-electron chi connectivity index (χ1n) is 6.16. The minimum absolute atomic E-state index is 0.107. The second-order valence-electron chi connectivity index (χ2n) is 4.37. The van der Waals surface area contributed by atoms with Gasteiger partial charge < -0.3 is 4.74 Å². The zero-order valence-corrected chi connectivity index (χ0v) is 14.3. The number of hydrogen-bond acceptors (Lipinski definition) is 2. The van der Waals surface area contributed by atoms with Crippen LogP contribution in [-0.4, -0.2) is 6.61 Å². The van der Waals surface area contributed by atoms with E-state index in [-0.39, 0.29) is 5.38 Å². The highest BCUT2D eigenvalue weighted by Crippen LogP contribution is 2.38. The van der Waals surface area contributed by atoms with Crippen LogP contribution >= 0.6 is 38.9 Å². The third kappa shape index (κ3) is 3.33. The van der Waals surface area contributed by atoms with Crippen molar-refractivity contribution in [3.8, 4) is 5.75 Å². The standard InChI is InChI=1S/C15H16BrClOS/c1-4-18-13-6-5-11(8-12(13)16)15(17)14-7-9(2)10(3)19-14/h5-8,15H,4H2,1-3H3. The summed E-state index contributed by atoms with van der Waals surface area (Å²) in [7, 11) is 0. The molecule has 4 heteroatoms. The highest BCUT2D eigenvalue weighted by atomic mass is 79.9. The molecule has 0 aliphatic carbocycles. The molecular formula is C15H16BrClOS. The van der Waals surface area contributed by atoms with Crippen LogP contribution in [0.15, 0.2) is 28.7 Å². The van der Waals surface area contributed by atoms with Crippen molar-refractivity contribution in [2.75, 3.05) is 6.61 Å². The first kappa shape index (κ1) is 14.9. The van der Waals surface area contributed by atoms with Crippen LogP contribution in [0.2, 0.25) is 0 Å². The van der Waals surface area contributed by atoms with Gasteiger partial charge in [0.2, 0.25) is 0 Å². The van der Waals surface area contributed by atoms with Crippen LogP contribution in [-0.2, 0) is 0 Å². The quantitative estimate of drug-likeness (QED) is 0.622. The maximum atomic E-state index is 6.57. The largest absolute Gasteiger partial charge is 0.493 e. The second-order valence-corrected chi connectivity index (χ2v) is 6.95. The molecule has 2 aromatic rings. The highest BCUT2D eigenvalue weighted by molar-refractivity contribution is 9.10. The van der Waals surface area contributed by atoms with Gasteiger partial charge in [0.1, 0.15) is 5.75 Å². The predicted octanol–water partition coefficient (Wildman–Crippen LogP) is 5.85. The smallest absolute Gasteiger partial charge is 0.133 e. The Balaban J connectivity index is 2.28. The van der Waals surface area contributed by atoms with E-state index in [9.17, 15) is 0 Å². The Morgan fingerprint density at radius 3 is 2.58 bits per heavy atom. The van der Waals surface area contributed by atoms with E-state index in [0.29, 0.717) is 6.61 Å². The number of benzene rings is 1. The summed E-state index contributed by atoms with van der Waals surface area (Å²) in [6.45, 7) is 6.88. The molecule has 1 heterocycles. The Labute approximate surface area is 131 Å². The summed E-state index contributed by atoms with van der Waals surface area (Å²) < 4.78 is 6.46. The lowest BCUT2D eigenvalue weighted by molar-refractivity contribution is 0.338. The Hall–Kier alpha value is -0.510. The average Bonchev–Trinajstić information content (AvgIpc) is 2.71. The maximum Gasteiger partial charge on any atom is 0.133 e. The molecular weight excluding hydrogens is 344 g/mol. The number of ether oxygens (including phenoxy) is 1.